The maximum absolute atomic E-state index is 7.80. The van der Waals surface area contributed by atoms with Gasteiger partial charge in [0.1, 0.15) is 0 Å². The average molecular weight is 404 g/mol. The van der Waals surface area contributed by atoms with Gasteiger partial charge in [0.05, 0.1) is 0 Å². The SMILES string of the molecule is [2H]C([2H])([2H])C(C)c1cccc(N(c2cc(Cl)cc(Cl)c2)c2cccc(C(C)C([2H])([2H])[2H])c2)c1. The van der Waals surface area contributed by atoms with Crippen molar-refractivity contribution in [3.05, 3.63) is 87.9 Å². The van der Waals surface area contributed by atoms with E-state index in [0.717, 1.165) is 0 Å². The standard InChI is InChI=1S/C24H25Cl2N/c1-16(2)18-7-5-9-22(11-18)27(24-14-20(25)13-21(26)15-24)23-10-6-8-19(12-23)17(3)4/h5-17H,1-4H3/i1D3,3D3. The first-order valence-electron chi connectivity index (χ1n) is 11.7. The lowest BCUT2D eigenvalue weighted by Crippen LogP contribution is -2.11. The first-order chi connectivity index (χ1) is 15.3. The van der Waals surface area contributed by atoms with Crippen molar-refractivity contribution in [2.45, 2.75) is 39.4 Å². The van der Waals surface area contributed by atoms with Crippen molar-refractivity contribution in [3.63, 3.8) is 0 Å². The molecule has 0 aliphatic carbocycles. The fraction of sp³-hybridized carbons (Fsp3) is 0.250. The molecule has 0 heterocycles. The molecule has 0 N–H and O–H groups in total. The lowest BCUT2D eigenvalue weighted by Gasteiger charge is -2.27. The van der Waals surface area contributed by atoms with Crippen LogP contribution in [0.3, 0.4) is 0 Å². The molecule has 0 spiro atoms. The molecule has 3 aromatic carbocycles. The lowest BCUT2D eigenvalue weighted by molar-refractivity contribution is 0.864. The summed E-state index contributed by atoms with van der Waals surface area (Å²) in [6.45, 7) is -0.938. The predicted octanol–water partition coefficient (Wildman–Crippen LogP) is 8.71. The van der Waals surface area contributed by atoms with Gasteiger partial charge in [-0.05, 0) is 65.4 Å². The summed E-state index contributed by atoms with van der Waals surface area (Å²) in [5, 5.41) is 0.892. The fourth-order valence-corrected chi connectivity index (χ4v) is 3.50. The zero-order valence-electron chi connectivity index (χ0n) is 21.2. The van der Waals surface area contributed by atoms with Crippen LogP contribution >= 0.6 is 23.2 Å². The van der Waals surface area contributed by atoms with Gasteiger partial charge in [-0.1, -0.05) is 75.0 Å². The van der Waals surface area contributed by atoms with Crippen LogP contribution in [0.2, 0.25) is 10.0 Å². The van der Waals surface area contributed by atoms with Crippen molar-refractivity contribution in [1.82, 2.24) is 0 Å². The molecule has 0 aromatic heterocycles. The summed E-state index contributed by atoms with van der Waals surface area (Å²) in [6.07, 6.45) is 0. The maximum atomic E-state index is 7.80. The van der Waals surface area contributed by atoms with Crippen molar-refractivity contribution in [1.29, 1.82) is 0 Å². The molecule has 3 aromatic rings. The largest absolute Gasteiger partial charge is 0.310 e. The van der Waals surface area contributed by atoms with Crippen LogP contribution in [0, 0.1) is 0 Å². The van der Waals surface area contributed by atoms with Gasteiger partial charge in [-0.3, -0.25) is 0 Å². The number of rotatable bonds is 5. The third-order valence-electron chi connectivity index (χ3n) is 4.36. The second-order valence-electron chi connectivity index (χ2n) is 6.60. The van der Waals surface area contributed by atoms with Gasteiger partial charge in [-0.15, -0.1) is 0 Å². The molecule has 1 nitrogen and oxygen atoms in total. The first-order valence-corrected chi connectivity index (χ1v) is 9.49. The van der Waals surface area contributed by atoms with Gasteiger partial charge >= 0.3 is 0 Å². The minimum Gasteiger partial charge on any atom is -0.310 e. The van der Waals surface area contributed by atoms with Crippen LogP contribution in [0.5, 0.6) is 0 Å². The van der Waals surface area contributed by atoms with Gasteiger partial charge in [0.25, 0.3) is 0 Å². The smallest absolute Gasteiger partial charge is 0.0491 e. The monoisotopic (exact) mass is 403 g/mol. The van der Waals surface area contributed by atoms with Crippen LogP contribution in [0.4, 0.5) is 17.1 Å². The Hall–Kier alpha value is -1.96. The Labute approximate surface area is 181 Å². The average Bonchev–Trinajstić information content (AvgIpc) is 2.71. The molecule has 140 valence electrons. The molecular weight excluding hydrogens is 373 g/mol. The summed E-state index contributed by atoms with van der Waals surface area (Å²) in [5.41, 5.74) is 3.42. The van der Waals surface area contributed by atoms with E-state index in [1.54, 1.807) is 56.3 Å². The van der Waals surface area contributed by atoms with Gasteiger partial charge < -0.3 is 4.90 Å². The molecule has 0 bridgehead atoms. The Morgan fingerprint density at radius 2 is 1.19 bits per heavy atom. The van der Waals surface area contributed by atoms with E-state index in [2.05, 4.69) is 0 Å². The van der Waals surface area contributed by atoms with Gasteiger partial charge in [-0.25, -0.2) is 0 Å². The third-order valence-corrected chi connectivity index (χ3v) is 4.80. The Balaban J connectivity index is 2.20. The minimum atomic E-state index is -2.14. The van der Waals surface area contributed by atoms with Crippen molar-refractivity contribution in [2.24, 2.45) is 0 Å². The Kier molecular flexibility index (Phi) is 4.11. The predicted molar refractivity (Wildman–Crippen MR) is 119 cm³/mol. The molecule has 0 saturated carbocycles. The summed E-state index contributed by atoms with van der Waals surface area (Å²) >= 11 is 12.6. The van der Waals surface area contributed by atoms with Crippen molar-refractivity contribution in [3.8, 4) is 0 Å². The highest BCUT2D eigenvalue weighted by atomic mass is 35.5. The summed E-state index contributed by atoms with van der Waals surface area (Å²) in [4.78, 5) is 1.89. The third kappa shape index (κ3) is 4.66. The molecule has 0 saturated heterocycles. The second-order valence-corrected chi connectivity index (χ2v) is 7.47. The summed E-state index contributed by atoms with van der Waals surface area (Å²) in [5.74, 6) is -1.33. The van der Waals surface area contributed by atoms with Crippen LogP contribution in [0.15, 0.2) is 66.7 Å². The molecule has 0 amide bonds. The Morgan fingerprint density at radius 3 is 1.63 bits per heavy atom. The van der Waals surface area contributed by atoms with Crippen LogP contribution in [-0.4, -0.2) is 0 Å². The van der Waals surface area contributed by atoms with E-state index < -0.39 is 25.5 Å². The van der Waals surface area contributed by atoms with Gasteiger partial charge in [-0.2, -0.15) is 0 Å². The number of hydrogen-bond donors (Lipinski definition) is 0. The molecule has 2 unspecified atom stereocenters. The van der Waals surface area contributed by atoms with Gasteiger partial charge in [0.2, 0.25) is 0 Å². The molecule has 0 aliphatic heterocycles. The summed E-state index contributed by atoms with van der Waals surface area (Å²) < 4.78 is 46.8. The fourth-order valence-electron chi connectivity index (χ4n) is 2.98. The molecule has 3 heteroatoms. The van der Waals surface area contributed by atoms with Crippen LogP contribution in [-0.2, 0) is 0 Å². The molecule has 2 atom stereocenters. The Morgan fingerprint density at radius 1 is 0.704 bits per heavy atom. The van der Waals surface area contributed by atoms with Gasteiger partial charge in [0, 0.05) is 35.3 Å². The first kappa shape index (κ1) is 13.3. The zero-order chi connectivity index (χ0) is 24.6. The van der Waals surface area contributed by atoms with Crippen molar-refractivity contribution >= 4 is 40.3 Å². The van der Waals surface area contributed by atoms with E-state index in [9.17, 15) is 0 Å². The maximum Gasteiger partial charge on any atom is 0.0491 e. The summed E-state index contributed by atoms with van der Waals surface area (Å²) in [7, 11) is 0. The molecule has 27 heavy (non-hydrogen) atoms. The number of hydrogen-bond acceptors (Lipinski definition) is 1. The van der Waals surface area contributed by atoms with E-state index in [1.165, 1.54) is 0 Å². The number of benzene rings is 3. The molecule has 0 aliphatic rings. The van der Waals surface area contributed by atoms with Crippen molar-refractivity contribution < 1.29 is 8.22 Å². The Bertz CT molecular complexity index is 1040. The number of anilines is 3. The highest BCUT2D eigenvalue weighted by molar-refractivity contribution is 6.35. The summed E-state index contributed by atoms with van der Waals surface area (Å²) in [6, 6.07) is 19.7. The van der Waals surface area contributed by atoms with Crippen molar-refractivity contribution in [2.75, 3.05) is 4.90 Å². The minimum absolute atomic E-state index is 0.446. The molecule has 3 rings (SSSR count). The molecule has 0 radical (unpaired) electrons. The molecule has 0 fully saturated rings. The topological polar surface area (TPSA) is 3.24 Å². The zero-order valence-corrected chi connectivity index (χ0v) is 16.7. The van der Waals surface area contributed by atoms with E-state index >= 15 is 0 Å². The number of nitrogens with zero attached hydrogens (tertiary/aromatic N) is 1. The lowest BCUT2D eigenvalue weighted by atomic mass is 10.0. The number of halogens is 2. The van der Waals surface area contributed by atoms with Crippen LogP contribution < -0.4 is 4.90 Å². The van der Waals surface area contributed by atoms with E-state index in [-0.39, 0.29) is 0 Å². The van der Waals surface area contributed by atoms with E-state index in [0.29, 0.717) is 38.2 Å². The second kappa shape index (κ2) is 8.37. The van der Waals surface area contributed by atoms with Crippen LogP contribution in [0.25, 0.3) is 0 Å². The van der Waals surface area contributed by atoms with E-state index in [4.69, 9.17) is 31.4 Å². The normalized spacial score (nSPS) is 17.5. The highest BCUT2D eigenvalue weighted by Gasteiger charge is 2.16. The van der Waals surface area contributed by atoms with Gasteiger partial charge in [0.15, 0.2) is 0 Å². The van der Waals surface area contributed by atoms with Crippen LogP contribution in [0.1, 0.15) is 58.7 Å². The van der Waals surface area contributed by atoms with E-state index in [1.807, 2.05) is 29.2 Å². The highest BCUT2D eigenvalue weighted by Crippen LogP contribution is 2.39. The quantitative estimate of drug-likeness (QED) is 0.411. The molecular formula is C24H25Cl2N.